The summed E-state index contributed by atoms with van der Waals surface area (Å²) in [5.41, 5.74) is -1.12. The van der Waals surface area contributed by atoms with Gasteiger partial charge in [0.05, 0.1) is 25.4 Å². The van der Waals surface area contributed by atoms with Crippen LogP contribution in [0.1, 0.15) is 20.8 Å². The van der Waals surface area contributed by atoms with Gasteiger partial charge in [-0.05, 0) is 20.8 Å². The fraction of sp³-hybridized carbons (Fsp3) is 0.857. The monoisotopic (exact) mass is 287 g/mol. The van der Waals surface area contributed by atoms with Crippen LogP contribution in [-0.2, 0) is 23.8 Å². The highest BCUT2D eigenvalue weighted by atomic mass is 16.5. The maximum atomic E-state index is 12.3. The summed E-state index contributed by atoms with van der Waals surface area (Å²) in [4.78, 5) is 26.1. The molecule has 116 valence electrons. The molecule has 1 saturated heterocycles. The van der Waals surface area contributed by atoms with E-state index < -0.39 is 11.4 Å². The molecule has 0 aliphatic carbocycles. The first-order valence-electron chi connectivity index (χ1n) is 6.85. The minimum atomic E-state index is -1.12. The predicted molar refractivity (Wildman–Crippen MR) is 73.5 cm³/mol. The van der Waals surface area contributed by atoms with Crippen LogP contribution in [0.15, 0.2) is 0 Å². The van der Waals surface area contributed by atoms with Gasteiger partial charge in [-0.1, -0.05) is 0 Å². The molecular weight excluding hydrogens is 262 g/mol. The van der Waals surface area contributed by atoms with Crippen molar-refractivity contribution in [3.05, 3.63) is 0 Å². The molecule has 0 amide bonds. The Hall–Kier alpha value is -0.980. The lowest BCUT2D eigenvalue weighted by Crippen LogP contribution is -2.42. The van der Waals surface area contributed by atoms with Gasteiger partial charge in [0.1, 0.15) is 5.41 Å². The highest BCUT2D eigenvalue weighted by molar-refractivity contribution is 6.03. The first-order chi connectivity index (χ1) is 9.36. The second kappa shape index (κ2) is 7.15. The van der Waals surface area contributed by atoms with Crippen molar-refractivity contribution in [3.63, 3.8) is 0 Å². The van der Waals surface area contributed by atoms with Gasteiger partial charge in [0.2, 0.25) is 0 Å². The van der Waals surface area contributed by atoms with E-state index in [1.54, 1.807) is 35.0 Å². The van der Waals surface area contributed by atoms with Gasteiger partial charge < -0.3 is 14.2 Å². The molecule has 0 aromatic heterocycles. The minimum absolute atomic E-state index is 0.0431. The lowest BCUT2D eigenvalue weighted by atomic mass is 9.88. The third-order valence-corrected chi connectivity index (χ3v) is 3.75. The number of Topliss-reactive ketones (excluding diaryl/α,β-unsaturated/α-hetero) is 1. The van der Waals surface area contributed by atoms with Crippen molar-refractivity contribution >= 4 is 11.8 Å². The van der Waals surface area contributed by atoms with Crippen molar-refractivity contribution < 1.29 is 23.8 Å². The smallest absolute Gasteiger partial charge is 0.319 e. The standard InChI is InChI=1S/C14H25NO5/c1-6-20-13(17)14(2,3)12(16)9-15-7-10(18-4)11(8-15)19-5/h10-11H,6-9H2,1-5H3. The van der Waals surface area contributed by atoms with E-state index in [4.69, 9.17) is 14.2 Å². The summed E-state index contributed by atoms with van der Waals surface area (Å²) in [5, 5.41) is 0. The van der Waals surface area contributed by atoms with E-state index in [-0.39, 0.29) is 31.1 Å². The molecule has 1 rings (SSSR count). The number of carbonyl (C=O) groups is 2. The number of rotatable bonds is 7. The zero-order valence-electron chi connectivity index (χ0n) is 13.0. The van der Waals surface area contributed by atoms with Crippen LogP contribution in [0.5, 0.6) is 0 Å². The summed E-state index contributed by atoms with van der Waals surface area (Å²) >= 11 is 0. The van der Waals surface area contributed by atoms with Gasteiger partial charge in [0.25, 0.3) is 0 Å². The zero-order valence-corrected chi connectivity index (χ0v) is 13.0. The predicted octanol–water partition coefficient (Wildman–Crippen LogP) is 0.490. The molecule has 6 heteroatoms. The fourth-order valence-electron chi connectivity index (χ4n) is 2.23. The van der Waals surface area contributed by atoms with Crippen LogP contribution in [0.3, 0.4) is 0 Å². The van der Waals surface area contributed by atoms with E-state index in [9.17, 15) is 9.59 Å². The Balaban J connectivity index is 2.61. The second-order valence-corrected chi connectivity index (χ2v) is 5.51. The molecule has 1 aliphatic heterocycles. The Kier molecular flexibility index (Phi) is 6.10. The number of carbonyl (C=O) groups excluding carboxylic acids is 2. The van der Waals surface area contributed by atoms with Gasteiger partial charge >= 0.3 is 5.97 Å². The van der Waals surface area contributed by atoms with Crippen LogP contribution in [0, 0.1) is 5.41 Å². The topological polar surface area (TPSA) is 65.1 Å². The van der Waals surface area contributed by atoms with Gasteiger partial charge in [0.15, 0.2) is 5.78 Å². The number of likely N-dealkylation sites (tertiary alicyclic amines) is 1. The molecule has 2 atom stereocenters. The van der Waals surface area contributed by atoms with Crippen molar-refractivity contribution in [2.75, 3.05) is 40.5 Å². The molecule has 0 aromatic rings. The van der Waals surface area contributed by atoms with Crippen molar-refractivity contribution in [2.24, 2.45) is 5.41 Å². The first kappa shape index (κ1) is 17.1. The van der Waals surface area contributed by atoms with E-state index in [0.717, 1.165) is 0 Å². The summed E-state index contributed by atoms with van der Waals surface area (Å²) in [5.74, 6) is -0.627. The van der Waals surface area contributed by atoms with Crippen molar-refractivity contribution in [2.45, 2.75) is 33.0 Å². The van der Waals surface area contributed by atoms with E-state index in [1.165, 1.54) is 0 Å². The van der Waals surface area contributed by atoms with Gasteiger partial charge in [-0.2, -0.15) is 0 Å². The highest BCUT2D eigenvalue weighted by Crippen LogP contribution is 2.22. The average molecular weight is 287 g/mol. The molecular formula is C14H25NO5. The van der Waals surface area contributed by atoms with Crippen molar-refractivity contribution in [1.82, 2.24) is 4.90 Å². The summed E-state index contributed by atoms with van der Waals surface area (Å²) < 4.78 is 15.6. The molecule has 0 spiro atoms. The quantitative estimate of drug-likeness (QED) is 0.501. The lowest BCUT2D eigenvalue weighted by molar-refractivity contribution is -0.158. The molecule has 1 heterocycles. The normalized spacial score (nSPS) is 23.9. The van der Waals surface area contributed by atoms with Crippen LogP contribution >= 0.6 is 0 Å². The Morgan fingerprint density at radius 3 is 2.05 bits per heavy atom. The molecule has 1 fully saturated rings. The number of nitrogens with zero attached hydrogens (tertiary/aromatic N) is 1. The highest BCUT2D eigenvalue weighted by Gasteiger charge is 2.40. The Labute approximate surface area is 120 Å². The minimum Gasteiger partial charge on any atom is -0.465 e. The molecule has 0 radical (unpaired) electrons. The summed E-state index contributed by atoms with van der Waals surface area (Å²) in [6, 6.07) is 0. The van der Waals surface area contributed by atoms with Gasteiger partial charge in [-0.25, -0.2) is 0 Å². The average Bonchev–Trinajstić information content (AvgIpc) is 2.80. The molecule has 1 aliphatic rings. The lowest BCUT2D eigenvalue weighted by Gasteiger charge is -2.24. The number of hydrogen-bond acceptors (Lipinski definition) is 6. The van der Waals surface area contributed by atoms with Gasteiger partial charge in [-0.15, -0.1) is 0 Å². The molecule has 0 N–H and O–H groups in total. The number of hydrogen-bond donors (Lipinski definition) is 0. The first-order valence-corrected chi connectivity index (χ1v) is 6.85. The SMILES string of the molecule is CCOC(=O)C(C)(C)C(=O)CN1CC(OC)C(OC)C1. The summed E-state index contributed by atoms with van der Waals surface area (Å²) in [6.45, 7) is 6.66. The van der Waals surface area contributed by atoms with E-state index >= 15 is 0 Å². The van der Waals surface area contributed by atoms with Crippen molar-refractivity contribution in [1.29, 1.82) is 0 Å². The van der Waals surface area contributed by atoms with Crippen LogP contribution < -0.4 is 0 Å². The molecule has 0 saturated carbocycles. The number of esters is 1. The van der Waals surface area contributed by atoms with E-state index in [1.807, 2.05) is 4.90 Å². The summed E-state index contributed by atoms with van der Waals surface area (Å²) in [6.07, 6.45) is -0.0861. The zero-order chi connectivity index (χ0) is 15.3. The van der Waals surface area contributed by atoms with Crippen LogP contribution in [0.2, 0.25) is 0 Å². The van der Waals surface area contributed by atoms with Gasteiger partial charge in [-0.3, -0.25) is 14.5 Å². The summed E-state index contributed by atoms with van der Waals surface area (Å²) in [7, 11) is 3.26. The molecule has 0 bridgehead atoms. The maximum absolute atomic E-state index is 12.3. The number of ketones is 1. The largest absolute Gasteiger partial charge is 0.465 e. The van der Waals surface area contributed by atoms with Crippen LogP contribution in [0.25, 0.3) is 0 Å². The molecule has 2 unspecified atom stereocenters. The third kappa shape index (κ3) is 3.77. The molecule has 20 heavy (non-hydrogen) atoms. The number of ether oxygens (including phenoxy) is 3. The van der Waals surface area contributed by atoms with Crippen LogP contribution in [0.4, 0.5) is 0 Å². The van der Waals surface area contributed by atoms with E-state index in [2.05, 4.69) is 0 Å². The van der Waals surface area contributed by atoms with E-state index in [0.29, 0.717) is 13.1 Å². The molecule has 0 aromatic carbocycles. The Bertz CT molecular complexity index is 343. The number of methoxy groups -OCH3 is 2. The fourth-order valence-corrected chi connectivity index (χ4v) is 2.23. The van der Waals surface area contributed by atoms with Gasteiger partial charge in [0, 0.05) is 27.3 Å². The molecule has 6 nitrogen and oxygen atoms in total. The maximum Gasteiger partial charge on any atom is 0.319 e. The van der Waals surface area contributed by atoms with Crippen LogP contribution in [-0.4, -0.2) is 69.3 Å². The second-order valence-electron chi connectivity index (χ2n) is 5.51. The Morgan fingerprint density at radius 1 is 1.15 bits per heavy atom. The van der Waals surface area contributed by atoms with Crippen molar-refractivity contribution in [3.8, 4) is 0 Å². The third-order valence-electron chi connectivity index (χ3n) is 3.75. The Morgan fingerprint density at radius 2 is 1.65 bits per heavy atom.